The van der Waals surface area contributed by atoms with Crippen LogP contribution >= 0.6 is 11.3 Å². The first-order valence-corrected chi connectivity index (χ1v) is 6.96. The van der Waals surface area contributed by atoms with E-state index in [1.807, 2.05) is 24.3 Å². The minimum atomic E-state index is -0.410. The maximum atomic E-state index is 12.2. The highest BCUT2D eigenvalue weighted by Gasteiger charge is 2.08. The lowest BCUT2D eigenvalue weighted by molar-refractivity contribution is 0.415. The van der Waals surface area contributed by atoms with E-state index in [2.05, 4.69) is 10.1 Å². The molecule has 0 aliphatic rings. The molecule has 0 atom stereocenters. The summed E-state index contributed by atoms with van der Waals surface area (Å²) in [6, 6.07) is 7.32. The minimum Gasteiger partial charge on any atom is -0.497 e. The molecule has 0 bridgehead atoms. The third-order valence-corrected chi connectivity index (χ3v) is 3.92. The summed E-state index contributed by atoms with van der Waals surface area (Å²) in [7, 11) is 1.59. The van der Waals surface area contributed by atoms with Crippen LogP contribution in [0.4, 0.5) is 0 Å². The third kappa shape index (κ3) is 2.43. The van der Waals surface area contributed by atoms with E-state index in [9.17, 15) is 9.59 Å². The predicted molar refractivity (Wildman–Crippen MR) is 79.9 cm³/mol. The number of aromatic nitrogens is 3. The van der Waals surface area contributed by atoms with Crippen molar-refractivity contribution in [1.82, 2.24) is 14.6 Å². The van der Waals surface area contributed by atoms with Crippen molar-refractivity contribution in [3.8, 4) is 5.75 Å². The largest absolute Gasteiger partial charge is 0.497 e. The summed E-state index contributed by atoms with van der Waals surface area (Å²) in [6.45, 7) is 1.53. The lowest BCUT2D eigenvalue weighted by Crippen LogP contribution is -2.27. The molecule has 0 saturated carbocycles. The molecule has 106 valence electrons. The van der Waals surface area contributed by atoms with E-state index in [-0.39, 0.29) is 11.3 Å². The zero-order chi connectivity index (χ0) is 15.0. The van der Waals surface area contributed by atoms with Crippen LogP contribution in [0.3, 0.4) is 0 Å². The first-order valence-electron chi connectivity index (χ1n) is 6.15. The Hall–Kier alpha value is -2.54. The van der Waals surface area contributed by atoms with Crippen molar-refractivity contribution in [1.29, 1.82) is 0 Å². The van der Waals surface area contributed by atoms with E-state index in [1.54, 1.807) is 13.2 Å². The number of benzene rings is 1. The average molecular weight is 301 g/mol. The molecule has 6 nitrogen and oxygen atoms in total. The molecule has 0 unspecified atom stereocenters. The molecule has 2 aromatic heterocycles. The Morgan fingerprint density at radius 2 is 1.95 bits per heavy atom. The number of fused-ring (bicyclic) bond motifs is 1. The summed E-state index contributed by atoms with van der Waals surface area (Å²) in [4.78, 5) is 27.9. The van der Waals surface area contributed by atoms with Crippen molar-refractivity contribution in [2.24, 2.45) is 0 Å². The van der Waals surface area contributed by atoms with Crippen molar-refractivity contribution in [3.05, 3.63) is 60.8 Å². The van der Waals surface area contributed by atoms with Gasteiger partial charge >= 0.3 is 0 Å². The maximum Gasteiger partial charge on any atom is 0.295 e. The van der Waals surface area contributed by atoms with Crippen molar-refractivity contribution in [2.45, 2.75) is 6.92 Å². The van der Waals surface area contributed by atoms with Gasteiger partial charge in [0.25, 0.3) is 11.1 Å². The minimum absolute atomic E-state index is 0.207. The summed E-state index contributed by atoms with van der Waals surface area (Å²) in [6.07, 6.45) is 1.74. The van der Waals surface area contributed by atoms with Crippen LogP contribution in [0.1, 0.15) is 11.3 Å². The Morgan fingerprint density at radius 1 is 1.24 bits per heavy atom. The molecule has 3 rings (SSSR count). The molecule has 7 heteroatoms. The Morgan fingerprint density at radius 3 is 2.62 bits per heavy atom. The Kier molecular flexibility index (Phi) is 3.26. The molecule has 0 amide bonds. The molecule has 0 radical (unpaired) electrons. The van der Waals surface area contributed by atoms with Gasteiger partial charge in [0, 0.05) is 0 Å². The molecule has 21 heavy (non-hydrogen) atoms. The van der Waals surface area contributed by atoms with Crippen molar-refractivity contribution >= 4 is 22.4 Å². The zero-order valence-electron chi connectivity index (χ0n) is 11.4. The van der Waals surface area contributed by atoms with Gasteiger partial charge in [0.15, 0.2) is 0 Å². The highest BCUT2D eigenvalue weighted by Crippen LogP contribution is 2.11. The number of rotatable bonds is 2. The fourth-order valence-electron chi connectivity index (χ4n) is 1.84. The van der Waals surface area contributed by atoms with Crippen LogP contribution in [0.2, 0.25) is 0 Å². The molecule has 0 spiro atoms. The molecule has 2 heterocycles. The first kappa shape index (κ1) is 13.4. The molecule has 0 fully saturated rings. The SMILES string of the molecule is COc1ccc(C=c2sc3nc(=O)c(C)nn3c2=O)cc1. The summed E-state index contributed by atoms with van der Waals surface area (Å²) >= 11 is 1.14. The molecule has 0 aliphatic heterocycles. The van der Waals surface area contributed by atoms with Crippen LogP contribution in [0.25, 0.3) is 11.0 Å². The molecule has 0 saturated heterocycles. The van der Waals surface area contributed by atoms with E-state index < -0.39 is 5.56 Å². The van der Waals surface area contributed by atoms with E-state index in [1.165, 1.54) is 6.92 Å². The fourth-order valence-corrected chi connectivity index (χ4v) is 2.74. The number of ether oxygens (including phenoxy) is 1. The van der Waals surface area contributed by atoms with Gasteiger partial charge in [0.05, 0.1) is 11.6 Å². The normalized spacial score (nSPS) is 12.0. The molecular weight excluding hydrogens is 290 g/mol. The second-order valence-corrected chi connectivity index (χ2v) is 5.39. The topological polar surface area (TPSA) is 73.6 Å². The van der Waals surface area contributed by atoms with Gasteiger partial charge in [-0.25, -0.2) is 0 Å². The van der Waals surface area contributed by atoms with Crippen LogP contribution in [-0.4, -0.2) is 21.7 Å². The second kappa shape index (κ2) is 5.10. The van der Waals surface area contributed by atoms with Crippen LogP contribution in [-0.2, 0) is 0 Å². The predicted octanol–water partition coefficient (Wildman–Crippen LogP) is 0.376. The van der Waals surface area contributed by atoms with E-state index >= 15 is 0 Å². The lowest BCUT2D eigenvalue weighted by Gasteiger charge is -1.98. The summed E-state index contributed by atoms with van der Waals surface area (Å²) in [5.41, 5.74) is 0.381. The van der Waals surface area contributed by atoms with Crippen molar-refractivity contribution < 1.29 is 4.74 Å². The Bertz CT molecular complexity index is 974. The fraction of sp³-hybridized carbons (Fsp3) is 0.143. The van der Waals surface area contributed by atoms with E-state index in [0.717, 1.165) is 27.2 Å². The monoisotopic (exact) mass is 301 g/mol. The van der Waals surface area contributed by atoms with E-state index in [0.29, 0.717) is 9.49 Å². The quantitative estimate of drug-likeness (QED) is 0.684. The molecule has 1 aromatic carbocycles. The van der Waals surface area contributed by atoms with Gasteiger partial charge in [-0.15, -0.1) is 0 Å². The average Bonchev–Trinajstić information content (AvgIpc) is 2.77. The zero-order valence-corrected chi connectivity index (χ0v) is 12.2. The maximum absolute atomic E-state index is 12.2. The standard InChI is InChI=1S/C14H11N3O3S/c1-8-12(18)15-14-17(16-8)13(19)11(21-14)7-9-3-5-10(20-2)6-4-9/h3-7H,1-2H3. The highest BCUT2D eigenvalue weighted by molar-refractivity contribution is 7.15. The summed E-state index contributed by atoms with van der Waals surface area (Å²) in [5, 5.41) is 3.96. The summed E-state index contributed by atoms with van der Waals surface area (Å²) in [5.74, 6) is 0.746. The van der Waals surface area contributed by atoms with Gasteiger partial charge in [0.2, 0.25) is 4.96 Å². The van der Waals surface area contributed by atoms with Crippen LogP contribution < -0.4 is 20.4 Å². The summed E-state index contributed by atoms with van der Waals surface area (Å²) < 4.78 is 6.73. The smallest absolute Gasteiger partial charge is 0.295 e. The van der Waals surface area contributed by atoms with Gasteiger partial charge in [-0.1, -0.05) is 23.5 Å². The van der Waals surface area contributed by atoms with Crippen LogP contribution in [0.15, 0.2) is 33.9 Å². The van der Waals surface area contributed by atoms with E-state index in [4.69, 9.17) is 4.74 Å². The van der Waals surface area contributed by atoms with Crippen LogP contribution in [0, 0.1) is 6.92 Å². The molecule has 0 N–H and O–H groups in total. The third-order valence-electron chi connectivity index (χ3n) is 2.96. The number of aryl methyl sites for hydroxylation is 1. The number of nitrogens with zero attached hydrogens (tertiary/aromatic N) is 3. The molecule has 0 aliphatic carbocycles. The highest BCUT2D eigenvalue weighted by atomic mass is 32.1. The Balaban J connectivity index is 2.19. The number of hydrogen-bond donors (Lipinski definition) is 0. The van der Waals surface area contributed by atoms with Gasteiger partial charge in [-0.3, -0.25) is 9.59 Å². The van der Waals surface area contributed by atoms with Crippen molar-refractivity contribution in [2.75, 3.05) is 7.11 Å². The van der Waals surface area contributed by atoms with Gasteiger partial charge in [0.1, 0.15) is 11.4 Å². The molecule has 3 aromatic rings. The van der Waals surface area contributed by atoms with Gasteiger partial charge in [-0.2, -0.15) is 14.6 Å². The Labute approximate surface area is 123 Å². The van der Waals surface area contributed by atoms with Gasteiger partial charge < -0.3 is 4.74 Å². The number of thiazole rings is 1. The first-order chi connectivity index (χ1) is 10.1. The lowest BCUT2D eigenvalue weighted by atomic mass is 10.2. The second-order valence-electron chi connectivity index (χ2n) is 4.39. The van der Waals surface area contributed by atoms with Crippen molar-refractivity contribution in [3.63, 3.8) is 0 Å². The van der Waals surface area contributed by atoms with Gasteiger partial charge in [-0.05, 0) is 30.7 Å². The molecular formula is C14H11N3O3S. The number of methoxy groups -OCH3 is 1. The number of hydrogen-bond acceptors (Lipinski definition) is 6. The van der Waals surface area contributed by atoms with Crippen LogP contribution in [0.5, 0.6) is 5.75 Å².